The zero-order valence-corrected chi connectivity index (χ0v) is 13.4. The van der Waals surface area contributed by atoms with Gasteiger partial charge in [-0.3, -0.25) is 14.5 Å². The van der Waals surface area contributed by atoms with Crippen LogP contribution >= 0.6 is 0 Å². The summed E-state index contributed by atoms with van der Waals surface area (Å²) in [6.45, 7) is 5.52. The molecule has 2 heterocycles. The molecule has 0 saturated carbocycles. The van der Waals surface area contributed by atoms with Gasteiger partial charge >= 0.3 is 5.97 Å². The lowest BCUT2D eigenvalue weighted by molar-refractivity contribution is -0.141. The fraction of sp³-hybridized carbons (Fsp3) is 0.529. The summed E-state index contributed by atoms with van der Waals surface area (Å²) in [7, 11) is 2.14. The minimum atomic E-state index is -0.896. The fourth-order valence-electron chi connectivity index (χ4n) is 3.17. The number of anilines is 1. The normalized spacial score (nSPS) is 23.4. The van der Waals surface area contributed by atoms with E-state index in [1.807, 2.05) is 24.3 Å². The monoisotopic (exact) mass is 317 g/mol. The van der Waals surface area contributed by atoms with Gasteiger partial charge in [0.2, 0.25) is 5.91 Å². The molecule has 1 amide bonds. The van der Waals surface area contributed by atoms with E-state index in [1.54, 1.807) is 4.90 Å². The SMILES string of the molecule is CN1CCN(Cc2ccc(N3CC(C(=O)O)CC3=O)cc2)CC1. The smallest absolute Gasteiger partial charge is 0.308 e. The Morgan fingerprint density at radius 2 is 1.83 bits per heavy atom. The van der Waals surface area contributed by atoms with Crippen molar-refractivity contribution in [1.29, 1.82) is 0 Å². The second-order valence-electron chi connectivity index (χ2n) is 6.49. The van der Waals surface area contributed by atoms with Crippen LogP contribution in [0.25, 0.3) is 0 Å². The maximum atomic E-state index is 12.0. The van der Waals surface area contributed by atoms with Crippen LogP contribution in [0.3, 0.4) is 0 Å². The second-order valence-corrected chi connectivity index (χ2v) is 6.49. The van der Waals surface area contributed by atoms with Gasteiger partial charge in [0.25, 0.3) is 0 Å². The number of nitrogens with zero attached hydrogens (tertiary/aromatic N) is 3. The van der Waals surface area contributed by atoms with Gasteiger partial charge in [-0.1, -0.05) is 12.1 Å². The molecule has 3 rings (SSSR count). The van der Waals surface area contributed by atoms with E-state index in [0.717, 1.165) is 38.4 Å². The van der Waals surface area contributed by atoms with Gasteiger partial charge in [-0.15, -0.1) is 0 Å². The number of benzene rings is 1. The lowest BCUT2D eigenvalue weighted by Gasteiger charge is -2.32. The summed E-state index contributed by atoms with van der Waals surface area (Å²) in [5.74, 6) is -1.59. The fourth-order valence-corrected chi connectivity index (χ4v) is 3.17. The Morgan fingerprint density at radius 3 is 2.39 bits per heavy atom. The Hall–Kier alpha value is -1.92. The Morgan fingerprint density at radius 1 is 1.17 bits per heavy atom. The van der Waals surface area contributed by atoms with Crippen LogP contribution in [0.15, 0.2) is 24.3 Å². The van der Waals surface area contributed by atoms with Gasteiger partial charge < -0.3 is 14.9 Å². The van der Waals surface area contributed by atoms with Crippen molar-refractivity contribution in [2.45, 2.75) is 13.0 Å². The van der Waals surface area contributed by atoms with Crippen LogP contribution in [0.4, 0.5) is 5.69 Å². The number of rotatable bonds is 4. The van der Waals surface area contributed by atoms with Crippen molar-refractivity contribution in [3.05, 3.63) is 29.8 Å². The Balaban J connectivity index is 1.61. The first-order valence-corrected chi connectivity index (χ1v) is 8.06. The second kappa shape index (κ2) is 6.68. The summed E-state index contributed by atoms with van der Waals surface area (Å²) >= 11 is 0. The lowest BCUT2D eigenvalue weighted by Crippen LogP contribution is -2.43. The van der Waals surface area contributed by atoms with Gasteiger partial charge in [0.15, 0.2) is 0 Å². The molecule has 6 nitrogen and oxygen atoms in total. The van der Waals surface area contributed by atoms with Crippen LogP contribution in [-0.2, 0) is 16.1 Å². The summed E-state index contributed by atoms with van der Waals surface area (Å²) in [5.41, 5.74) is 2.01. The van der Waals surface area contributed by atoms with E-state index in [0.29, 0.717) is 0 Å². The number of carboxylic acid groups (broad SMARTS) is 1. The maximum Gasteiger partial charge on any atom is 0.308 e. The maximum absolute atomic E-state index is 12.0. The van der Waals surface area contributed by atoms with Gasteiger partial charge in [0.1, 0.15) is 0 Å². The number of carbonyl (C=O) groups is 2. The summed E-state index contributed by atoms with van der Waals surface area (Å²) < 4.78 is 0. The predicted molar refractivity (Wildman–Crippen MR) is 87.3 cm³/mol. The first-order chi connectivity index (χ1) is 11.0. The molecule has 1 unspecified atom stereocenters. The third kappa shape index (κ3) is 3.71. The third-order valence-electron chi connectivity index (χ3n) is 4.72. The zero-order valence-electron chi connectivity index (χ0n) is 13.4. The molecule has 2 aliphatic heterocycles. The van der Waals surface area contributed by atoms with E-state index in [2.05, 4.69) is 16.8 Å². The van der Waals surface area contributed by atoms with Crippen molar-refractivity contribution in [2.24, 2.45) is 5.92 Å². The van der Waals surface area contributed by atoms with Crippen LogP contribution in [0, 0.1) is 5.92 Å². The Labute approximate surface area is 136 Å². The third-order valence-corrected chi connectivity index (χ3v) is 4.72. The molecule has 0 aliphatic carbocycles. The standard InChI is InChI=1S/C17H23N3O3/c1-18-6-8-19(9-7-18)11-13-2-4-15(5-3-13)20-12-14(17(22)23)10-16(20)21/h2-5,14H,6-12H2,1H3,(H,22,23). The van der Waals surface area contributed by atoms with Gasteiger partial charge in [0.05, 0.1) is 5.92 Å². The van der Waals surface area contributed by atoms with Crippen molar-refractivity contribution < 1.29 is 14.7 Å². The number of aliphatic carboxylic acids is 1. The van der Waals surface area contributed by atoms with Crippen molar-refractivity contribution in [1.82, 2.24) is 9.80 Å². The van der Waals surface area contributed by atoms with Gasteiger partial charge in [-0.2, -0.15) is 0 Å². The topological polar surface area (TPSA) is 64.1 Å². The van der Waals surface area contributed by atoms with Gasteiger partial charge in [-0.25, -0.2) is 0 Å². The number of hydrogen-bond donors (Lipinski definition) is 1. The molecule has 1 aromatic rings. The molecular weight excluding hydrogens is 294 g/mol. The molecule has 0 aromatic heterocycles. The first kappa shape index (κ1) is 16.0. The number of hydrogen-bond acceptors (Lipinski definition) is 4. The average Bonchev–Trinajstić information content (AvgIpc) is 2.93. The van der Waals surface area contributed by atoms with Crippen LogP contribution in [0.1, 0.15) is 12.0 Å². The van der Waals surface area contributed by atoms with Gasteiger partial charge in [0, 0.05) is 51.4 Å². The Bertz CT molecular complexity index is 579. The highest BCUT2D eigenvalue weighted by molar-refractivity contribution is 5.99. The summed E-state index contributed by atoms with van der Waals surface area (Å²) in [5, 5.41) is 9.05. The number of carboxylic acids is 1. The molecule has 0 radical (unpaired) electrons. The van der Waals surface area contributed by atoms with Crippen LogP contribution in [0.5, 0.6) is 0 Å². The van der Waals surface area contributed by atoms with Crippen molar-refractivity contribution in [2.75, 3.05) is 44.7 Å². The average molecular weight is 317 g/mol. The first-order valence-electron chi connectivity index (χ1n) is 8.06. The minimum absolute atomic E-state index is 0.0956. The quantitative estimate of drug-likeness (QED) is 0.893. The number of likely N-dealkylation sites (N-methyl/N-ethyl adjacent to an activating group) is 1. The number of amides is 1. The number of carbonyl (C=O) groups excluding carboxylic acids is 1. The van der Waals surface area contributed by atoms with Crippen LogP contribution in [0.2, 0.25) is 0 Å². The molecule has 23 heavy (non-hydrogen) atoms. The molecule has 2 fully saturated rings. The van der Waals surface area contributed by atoms with E-state index < -0.39 is 11.9 Å². The number of piperazine rings is 1. The van der Waals surface area contributed by atoms with Crippen LogP contribution < -0.4 is 4.90 Å². The molecule has 1 aromatic carbocycles. The molecule has 0 spiro atoms. The van der Waals surface area contributed by atoms with Crippen molar-refractivity contribution >= 4 is 17.6 Å². The molecule has 1 atom stereocenters. The predicted octanol–water partition coefficient (Wildman–Crippen LogP) is 0.871. The highest BCUT2D eigenvalue weighted by Crippen LogP contribution is 2.25. The molecule has 0 bridgehead atoms. The highest BCUT2D eigenvalue weighted by Gasteiger charge is 2.34. The molecule has 2 saturated heterocycles. The summed E-state index contributed by atoms with van der Waals surface area (Å²) in [6, 6.07) is 7.92. The zero-order chi connectivity index (χ0) is 16.4. The summed E-state index contributed by atoms with van der Waals surface area (Å²) in [4.78, 5) is 29.3. The molecule has 6 heteroatoms. The summed E-state index contributed by atoms with van der Waals surface area (Å²) in [6.07, 6.45) is 0.0956. The van der Waals surface area contributed by atoms with Crippen LogP contribution in [-0.4, -0.2) is 66.6 Å². The van der Waals surface area contributed by atoms with Gasteiger partial charge in [-0.05, 0) is 24.7 Å². The van der Waals surface area contributed by atoms with Crippen molar-refractivity contribution in [3.8, 4) is 0 Å². The molecule has 124 valence electrons. The van der Waals surface area contributed by atoms with Crippen molar-refractivity contribution in [3.63, 3.8) is 0 Å². The van der Waals surface area contributed by atoms with E-state index in [-0.39, 0.29) is 18.9 Å². The molecular formula is C17H23N3O3. The minimum Gasteiger partial charge on any atom is -0.481 e. The largest absolute Gasteiger partial charge is 0.481 e. The van der Waals surface area contributed by atoms with E-state index in [4.69, 9.17) is 5.11 Å². The van der Waals surface area contributed by atoms with E-state index >= 15 is 0 Å². The molecule has 1 N–H and O–H groups in total. The highest BCUT2D eigenvalue weighted by atomic mass is 16.4. The van der Waals surface area contributed by atoms with E-state index in [9.17, 15) is 9.59 Å². The van der Waals surface area contributed by atoms with E-state index in [1.165, 1.54) is 5.56 Å². The lowest BCUT2D eigenvalue weighted by atomic mass is 10.1. The molecule has 2 aliphatic rings. The Kier molecular flexibility index (Phi) is 4.63.